The number of alkyl halides is 3. The number of hydrogen-bond acceptors (Lipinski definition) is 1. The molecule has 2 nitrogen and oxygen atoms in total. The number of aromatic nitrogens is 2. The Hall–Kier alpha value is -0.640. The van der Waals surface area contributed by atoms with Crippen LogP contribution >= 0.6 is 11.6 Å². The van der Waals surface area contributed by atoms with Crippen LogP contribution in [0.1, 0.15) is 5.69 Å². The van der Waals surface area contributed by atoms with Crippen molar-refractivity contribution in [2.45, 2.75) is 5.38 Å². The minimum Gasteiger partial charge on any atom is -0.275 e. The van der Waals surface area contributed by atoms with Crippen LogP contribution in [0.15, 0.2) is 12.3 Å². The van der Waals surface area contributed by atoms with E-state index in [1.54, 1.807) is 7.05 Å². The first-order chi connectivity index (χ1) is 4.50. The molecular weight excluding hydrogens is 162 g/mol. The molecule has 0 radical (unpaired) electrons. The van der Waals surface area contributed by atoms with Crippen molar-refractivity contribution in [1.29, 1.82) is 0 Å². The summed E-state index contributed by atoms with van der Waals surface area (Å²) in [5.74, 6) is 0. The molecule has 0 atom stereocenters. The number of hydrogen-bond donors (Lipinski definition) is 0. The van der Waals surface area contributed by atoms with Crippen LogP contribution < -0.4 is 0 Å². The van der Waals surface area contributed by atoms with Gasteiger partial charge in [0.25, 0.3) is 0 Å². The number of halogens is 3. The van der Waals surface area contributed by atoms with Gasteiger partial charge in [0.15, 0.2) is 0 Å². The fourth-order valence-electron chi connectivity index (χ4n) is 0.566. The molecule has 5 heteroatoms. The summed E-state index contributed by atoms with van der Waals surface area (Å²) in [6.07, 6.45) is 1.41. The third-order valence-electron chi connectivity index (χ3n) is 1.00. The van der Waals surface area contributed by atoms with Crippen LogP contribution in [0.5, 0.6) is 0 Å². The summed E-state index contributed by atoms with van der Waals surface area (Å²) in [7, 11) is 1.55. The van der Waals surface area contributed by atoms with Gasteiger partial charge in [-0.2, -0.15) is 13.9 Å². The first kappa shape index (κ1) is 7.47. The standard InChI is InChI=1S/C5H5ClF2N2/c1-10-3-2-4(9-10)5(6,7)8/h2-3H,1H3. The van der Waals surface area contributed by atoms with Crippen molar-refractivity contribution in [3.05, 3.63) is 18.0 Å². The van der Waals surface area contributed by atoms with Gasteiger partial charge in [0, 0.05) is 13.2 Å². The molecule has 0 saturated heterocycles. The summed E-state index contributed by atoms with van der Waals surface area (Å²) in [6.45, 7) is 0. The lowest BCUT2D eigenvalue weighted by Gasteiger charge is -2.00. The zero-order chi connectivity index (χ0) is 7.78. The van der Waals surface area contributed by atoms with Crippen LogP contribution in [0.4, 0.5) is 8.78 Å². The van der Waals surface area contributed by atoms with Crippen molar-refractivity contribution in [3.63, 3.8) is 0 Å². The van der Waals surface area contributed by atoms with E-state index < -0.39 is 11.1 Å². The Morgan fingerprint density at radius 1 is 1.70 bits per heavy atom. The Bertz CT molecular complexity index is 228. The maximum atomic E-state index is 12.2. The summed E-state index contributed by atoms with van der Waals surface area (Å²) in [5, 5.41) is 0.0707. The molecule has 0 fully saturated rings. The molecule has 1 aromatic heterocycles. The normalized spacial score (nSPS) is 12.0. The molecule has 0 N–H and O–H groups in total. The highest BCUT2D eigenvalue weighted by Gasteiger charge is 2.30. The van der Waals surface area contributed by atoms with Gasteiger partial charge in [0.2, 0.25) is 0 Å². The van der Waals surface area contributed by atoms with Gasteiger partial charge < -0.3 is 0 Å². The fraction of sp³-hybridized carbons (Fsp3) is 0.400. The molecule has 56 valence electrons. The zero-order valence-electron chi connectivity index (χ0n) is 5.18. The molecule has 0 aromatic carbocycles. The van der Waals surface area contributed by atoms with E-state index in [4.69, 9.17) is 0 Å². The molecule has 0 bridgehead atoms. The number of aryl methyl sites for hydroxylation is 1. The van der Waals surface area contributed by atoms with Gasteiger partial charge in [-0.3, -0.25) is 4.68 Å². The van der Waals surface area contributed by atoms with E-state index in [1.807, 2.05) is 0 Å². The van der Waals surface area contributed by atoms with Crippen molar-refractivity contribution < 1.29 is 8.78 Å². The van der Waals surface area contributed by atoms with Gasteiger partial charge in [0.1, 0.15) is 5.69 Å². The Kier molecular flexibility index (Phi) is 1.64. The number of nitrogens with zero attached hydrogens (tertiary/aromatic N) is 2. The molecule has 1 aromatic rings. The molecule has 0 amide bonds. The molecular formula is C5H5ClF2N2. The van der Waals surface area contributed by atoms with Crippen molar-refractivity contribution in [1.82, 2.24) is 9.78 Å². The molecule has 0 unspecified atom stereocenters. The van der Waals surface area contributed by atoms with Gasteiger partial charge in [0.05, 0.1) is 0 Å². The predicted molar refractivity (Wildman–Crippen MR) is 33.0 cm³/mol. The van der Waals surface area contributed by atoms with E-state index in [2.05, 4.69) is 16.7 Å². The highest BCUT2D eigenvalue weighted by atomic mass is 35.5. The predicted octanol–water partition coefficient (Wildman–Crippen LogP) is 1.71. The van der Waals surface area contributed by atoms with Crippen molar-refractivity contribution in [2.24, 2.45) is 7.05 Å². The molecule has 0 aliphatic carbocycles. The van der Waals surface area contributed by atoms with E-state index in [0.29, 0.717) is 0 Å². The van der Waals surface area contributed by atoms with Crippen molar-refractivity contribution in [3.8, 4) is 0 Å². The summed E-state index contributed by atoms with van der Waals surface area (Å²) in [5.41, 5.74) is -0.420. The van der Waals surface area contributed by atoms with Crippen LogP contribution in [0.3, 0.4) is 0 Å². The van der Waals surface area contributed by atoms with Crippen LogP contribution in [-0.2, 0) is 12.4 Å². The number of rotatable bonds is 1. The lowest BCUT2D eigenvalue weighted by Crippen LogP contribution is -2.04. The van der Waals surface area contributed by atoms with Crippen LogP contribution in [0.2, 0.25) is 0 Å². The van der Waals surface area contributed by atoms with Crippen LogP contribution in [0, 0.1) is 0 Å². The third-order valence-corrected chi connectivity index (χ3v) is 1.20. The fourth-order valence-corrected chi connectivity index (χ4v) is 0.667. The van der Waals surface area contributed by atoms with E-state index in [0.717, 1.165) is 0 Å². The second-order valence-corrected chi connectivity index (χ2v) is 2.35. The quantitative estimate of drug-likeness (QED) is 0.581. The van der Waals surface area contributed by atoms with E-state index >= 15 is 0 Å². The van der Waals surface area contributed by atoms with Crippen molar-refractivity contribution >= 4 is 11.6 Å². The first-order valence-electron chi connectivity index (χ1n) is 2.57. The van der Waals surface area contributed by atoms with Crippen molar-refractivity contribution in [2.75, 3.05) is 0 Å². The second kappa shape index (κ2) is 2.20. The lowest BCUT2D eigenvalue weighted by molar-refractivity contribution is 0.0893. The van der Waals surface area contributed by atoms with Crippen LogP contribution in [-0.4, -0.2) is 9.78 Å². The zero-order valence-corrected chi connectivity index (χ0v) is 5.94. The summed E-state index contributed by atoms with van der Waals surface area (Å²) >= 11 is 4.66. The summed E-state index contributed by atoms with van der Waals surface area (Å²) in [6, 6.07) is 1.17. The highest BCUT2D eigenvalue weighted by molar-refractivity contribution is 6.21. The van der Waals surface area contributed by atoms with E-state index in [-0.39, 0.29) is 0 Å². The molecule has 0 aliphatic rings. The molecule has 0 saturated carbocycles. The second-order valence-electron chi connectivity index (χ2n) is 1.87. The van der Waals surface area contributed by atoms with Gasteiger partial charge in [-0.15, -0.1) is 0 Å². The van der Waals surface area contributed by atoms with Crippen LogP contribution in [0.25, 0.3) is 0 Å². The minimum atomic E-state index is -3.35. The maximum absolute atomic E-state index is 12.2. The Morgan fingerprint density at radius 3 is 2.50 bits per heavy atom. The topological polar surface area (TPSA) is 17.8 Å². The maximum Gasteiger partial charge on any atom is 0.366 e. The smallest absolute Gasteiger partial charge is 0.275 e. The molecule has 1 rings (SSSR count). The average Bonchev–Trinajstić information content (AvgIpc) is 2.11. The highest BCUT2D eigenvalue weighted by Crippen LogP contribution is 2.30. The molecule has 0 aliphatic heterocycles. The monoisotopic (exact) mass is 166 g/mol. The molecule has 10 heavy (non-hydrogen) atoms. The largest absolute Gasteiger partial charge is 0.366 e. The lowest BCUT2D eigenvalue weighted by atomic mass is 10.5. The average molecular weight is 167 g/mol. The summed E-state index contributed by atoms with van der Waals surface area (Å²) < 4.78 is 25.6. The Morgan fingerprint density at radius 2 is 2.30 bits per heavy atom. The third kappa shape index (κ3) is 1.44. The first-order valence-corrected chi connectivity index (χ1v) is 2.95. The van der Waals surface area contributed by atoms with Gasteiger partial charge in [-0.25, -0.2) is 0 Å². The minimum absolute atomic E-state index is 0.420. The van der Waals surface area contributed by atoms with Gasteiger partial charge in [-0.05, 0) is 17.7 Å². The Labute approximate surface area is 61.4 Å². The van der Waals surface area contributed by atoms with Gasteiger partial charge in [-0.1, -0.05) is 0 Å². The molecule has 0 spiro atoms. The van der Waals surface area contributed by atoms with E-state index in [9.17, 15) is 8.78 Å². The SMILES string of the molecule is Cn1ccc(C(F)(F)Cl)n1. The molecule has 1 heterocycles. The van der Waals surface area contributed by atoms with E-state index in [1.165, 1.54) is 16.9 Å². The Balaban J connectivity index is 2.96. The summed E-state index contributed by atoms with van der Waals surface area (Å²) in [4.78, 5) is 0. The van der Waals surface area contributed by atoms with Gasteiger partial charge >= 0.3 is 5.38 Å².